The highest BCUT2D eigenvalue weighted by molar-refractivity contribution is 5.92. The van der Waals surface area contributed by atoms with Crippen molar-refractivity contribution in [2.45, 2.75) is 0 Å². The van der Waals surface area contributed by atoms with Crippen LogP contribution in [0.15, 0.2) is 36.4 Å². The molecular formula is C14H15FN4O2. The van der Waals surface area contributed by atoms with Crippen molar-refractivity contribution in [1.29, 1.82) is 0 Å². The van der Waals surface area contributed by atoms with Gasteiger partial charge in [-0.25, -0.2) is 4.39 Å². The zero-order chi connectivity index (χ0) is 15.1. The second kappa shape index (κ2) is 7.30. The number of halogens is 1. The van der Waals surface area contributed by atoms with Gasteiger partial charge < -0.3 is 15.4 Å². The number of nitrogens with zero attached hydrogens (tertiary/aromatic N) is 2. The number of amides is 1. The maximum atomic E-state index is 12.8. The number of anilines is 2. The van der Waals surface area contributed by atoms with Gasteiger partial charge in [0.2, 0.25) is 0 Å². The van der Waals surface area contributed by atoms with Crippen LogP contribution < -0.4 is 10.6 Å². The van der Waals surface area contributed by atoms with E-state index in [4.69, 9.17) is 4.74 Å². The highest BCUT2D eigenvalue weighted by atomic mass is 19.1. The van der Waals surface area contributed by atoms with Crippen molar-refractivity contribution in [3.8, 4) is 0 Å². The summed E-state index contributed by atoms with van der Waals surface area (Å²) in [6, 6.07) is 9.04. The normalized spacial score (nSPS) is 10.2. The molecule has 0 fully saturated rings. The standard InChI is InChI=1S/C14H15FN4O2/c1-21-9-8-16-14(20)12-6-7-13(19-18-12)17-11-4-2-10(15)3-5-11/h2-7H,8-9H2,1H3,(H,16,20)(H,17,19). The largest absolute Gasteiger partial charge is 0.383 e. The molecule has 6 nitrogen and oxygen atoms in total. The summed E-state index contributed by atoms with van der Waals surface area (Å²) in [7, 11) is 1.56. The van der Waals surface area contributed by atoms with Gasteiger partial charge in [0, 0.05) is 19.3 Å². The molecule has 0 radical (unpaired) electrons. The summed E-state index contributed by atoms with van der Waals surface area (Å²) in [5, 5.41) is 13.3. The Hall–Kier alpha value is -2.54. The van der Waals surface area contributed by atoms with Crippen LogP contribution in [0, 0.1) is 5.82 Å². The highest BCUT2D eigenvalue weighted by Gasteiger charge is 2.07. The van der Waals surface area contributed by atoms with Gasteiger partial charge in [0.1, 0.15) is 5.82 Å². The van der Waals surface area contributed by atoms with Crippen LogP contribution in [0.3, 0.4) is 0 Å². The van der Waals surface area contributed by atoms with Gasteiger partial charge in [0.05, 0.1) is 6.61 Å². The Morgan fingerprint density at radius 2 is 1.95 bits per heavy atom. The molecule has 1 heterocycles. The first-order valence-corrected chi connectivity index (χ1v) is 6.32. The van der Waals surface area contributed by atoms with Crippen LogP contribution in [0.5, 0.6) is 0 Å². The van der Waals surface area contributed by atoms with Gasteiger partial charge in [0.25, 0.3) is 5.91 Å². The minimum Gasteiger partial charge on any atom is -0.383 e. The molecule has 0 atom stereocenters. The van der Waals surface area contributed by atoms with E-state index in [0.717, 1.165) is 0 Å². The van der Waals surface area contributed by atoms with Crippen LogP contribution in [0.4, 0.5) is 15.9 Å². The third-order valence-corrected chi connectivity index (χ3v) is 2.61. The van der Waals surface area contributed by atoms with Crippen LogP contribution in [0.25, 0.3) is 0 Å². The number of methoxy groups -OCH3 is 1. The number of nitrogens with one attached hydrogen (secondary N) is 2. The number of hydrogen-bond donors (Lipinski definition) is 2. The van der Waals surface area contributed by atoms with Crippen LogP contribution >= 0.6 is 0 Å². The Morgan fingerprint density at radius 1 is 1.19 bits per heavy atom. The number of rotatable bonds is 6. The summed E-state index contributed by atoms with van der Waals surface area (Å²) in [6.45, 7) is 0.843. The molecule has 0 unspecified atom stereocenters. The van der Waals surface area contributed by atoms with Crippen LogP contribution in [-0.4, -0.2) is 36.4 Å². The Balaban J connectivity index is 1.95. The van der Waals surface area contributed by atoms with Crippen molar-refractivity contribution in [2.75, 3.05) is 25.6 Å². The van der Waals surface area contributed by atoms with E-state index >= 15 is 0 Å². The number of carbonyl (C=O) groups excluding carboxylic acids is 1. The quantitative estimate of drug-likeness (QED) is 0.792. The molecule has 2 rings (SSSR count). The smallest absolute Gasteiger partial charge is 0.271 e. The number of aromatic nitrogens is 2. The van der Waals surface area contributed by atoms with Crippen molar-refractivity contribution >= 4 is 17.4 Å². The monoisotopic (exact) mass is 290 g/mol. The first-order chi connectivity index (χ1) is 10.2. The van der Waals surface area contributed by atoms with E-state index in [-0.39, 0.29) is 17.4 Å². The lowest BCUT2D eigenvalue weighted by Crippen LogP contribution is -2.27. The lowest BCUT2D eigenvalue weighted by atomic mass is 10.3. The summed E-state index contributed by atoms with van der Waals surface area (Å²) < 4.78 is 17.6. The third kappa shape index (κ3) is 4.50. The van der Waals surface area contributed by atoms with Crippen molar-refractivity contribution in [2.24, 2.45) is 0 Å². The fraction of sp³-hybridized carbons (Fsp3) is 0.214. The highest BCUT2D eigenvalue weighted by Crippen LogP contribution is 2.14. The second-order valence-corrected chi connectivity index (χ2v) is 4.18. The molecule has 0 aliphatic rings. The summed E-state index contributed by atoms with van der Waals surface area (Å²) in [4.78, 5) is 11.7. The topological polar surface area (TPSA) is 76.1 Å². The van der Waals surface area contributed by atoms with E-state index in [1.165, 1.54) is 12.1 Å². The fourth-order valence-electron chi connectivity index (χ4n) is 1.56. The Labute approximate surface area is 121 Å². The predicted molar refractivity (Wildman–Crippen MR) is 75.9 cm³/mol. The molecule has 0 saturated heterocycles. The van der Waals surface area contributed by atoms with Crippen LogP contribution in [0.2, 0.25) is 0 Å². The molecule has 2 N–H and O–H groups in total. The van der Waals surface area contributed by atoms with E-state index < -0.39 is 0 Å². The maximum absolute atomic E-state index is 12.8. The summed E-state index contributed by atoms with van der Waals surface area (Å²) in [5.41, 5.74) is 0.902. The number of hydrogen-bond acceptors (Lipinski definition) is 5. The van der Waals surface area contributed by atoms with E-state index in [9.17, 15) is 9.18 Å². The summed E-state index contributed by atoms with van der Waals surface area (Å²) in [5.74, 6) is -0.155. The molecule has 0 aliphatic heterocycles. The third-order valence-electron chi connectivity index (χ3n) is 2.61. The number of ether oxygens (including phenoxy) is 1. The van der Waals surface area contributed by atoms with E-state index in [0.29, 0.717) is 24.7 Å². The molecule has 1 aromatic heterocycles. The molecule has 0 bridgehead atoms. The van der Waals surface area contributed by atoms with Gasteiger partial charge in [-0.3, -0.25) is 4.79 Å². The number of carbonyl (C=O) groups is 1. The molecule has 21 heavy (non-hydrogen) atoms. The van der Waals surface area contributed by atoms with E-state index in [2.05, 4.69) is 20.8 Å². The van der Waals surface area contributed by atoms with Crippen molar-refractivity contribution in [3.05, 3.63) is 47.9 Å². The van der Waals surface area contributed by atoms with Gasteiger partial charge in [-0.1, -0.05) is 0 Å². The molecule has 0 aliphatic carbocycles. The lowest BCUT2D eigenvalue weighted by Gasteiger charge is -2.06. The zero-order valence-electron chi connectivity index (χ0n) is 11.5. The van der Waals surface area contributed by atoms with Crippen molar-refractivity contribution < 1.29 is 13.9 Å². The SMILES string of the molecule is COCCNC(=O)c1ccc(Nc2ccc(F)cc2)nn1. The molecular weight excluding hydrogens is 275 g/mol. The van der Waals surface area contributed by atoms with Gasteiger partial charge in [-0.15, -0.1) is 10.2 Å². The number of benzene rings is 1. The lowest BCUT2D eigenvalue weighted by molar-refractivity contribution is 0.0931. The summed E-state index contributed by atoms with van der Waals surface area (Å²) >= 11 is 0. The average Bonchev–Trinajstić information content (AvgIpc) is 2.50. The van der Waals surface area contributed by atoms with Gasteiger partial charge >= 0.3 is 0 Å². The Bertz CT molecular complexity index is 587. The first-order valence-electron chi connectivity index (χ1n) is 6.32. The molecule has 0 saturated carbocycles. The minimum absolute atomic E-state index is 0.218. The molecule has 2 aromatic rings. The molecule has 110 valence electrons. The van der Waals surface area contributed by atoms with Crippen molar-refractivity contribution in [3.63, 3.8) is 0 Å². The van der Waals surface area contributed by atoms with Crippen LogP contribution in [-0.2, 0) is 4.74 Å². The minimum atomic E-state index is -0.312. The summed E-state index contributed by atoms with van der Waals surface area (Å²) in [6.07, 6.45) is 0. The van der Waals surface area contributed by atoms with Gasteiger partial charge in [-0.2, -0.15) is 0 Å². The molecule has 1 aromatic carbocycles. The molecule has 0 spiro atoms. The maximum Gasteiger partial charge on any atom is 0.271 e. The van der Waals surface area contributed by atoms with Crippen LogP contribution in [0.1, 0.15) is 10.5 Å². The molecule has 7 heteroatoms. The first kappa shape index (κ1) is 14.9. The van der Waals surface area contributed by atoms with E-state index in [1.54, 1.807) is 31.4 Å². The Kier molecular flexibility index (Phi) is 5.16. The van der Waals surface area contributed by atoms with Gasteiger partial charge in [-0.05, 0) is 36.4 Å². The van der Waals surface area contributed by atoms with Gasteiger partial charge in [0.15, 0.2) is 11.5 Å². The zero-order valence-corrected chi connectivity index (χ0v) is 11.5. The average molecular weight is 290 g/mol. The Morgan fingerprint density at radius 3 is 2.57 bits per heavy atom. The van der Waals surface area contributed by atoms with E-state index in [1.807, 2.05) is 0 Å². The fourth-order valence-corrected chi connectivity index (χ4v) is 1.56. The molecule has 1 amide bonds. The van der Waals surface area contributed by atoms with Crippen molar-refractivity contribution in [1.82, 2.24) is 15.5 Å². The second-order valence-electron chi connectivity index (χ2n) is 4.18. The predicted octanol–water partition coefficient (Wildman–Crippen LogP) is 1.74.